The van der Waals surface area contributed by atoms with E-state index < -0.39 is 5.97 Å². The maximum Gasteiger partial charge on any atom is 0.303 e. The van der Waals surface area contributed by atoms with Gasteiger partial charge in [0.25, 0.3) is 0 Å². The molecule has 0 saturated heterocycles. The van der Waals surface area contributed by atoms with Crippen LogP contribution in [-0.2, 0) is 4.79 Å². The van der Waals surface area contributed by atoms with E-state index >= 15 is 0 Å². The summed E-state index contributed by atoms with van der Waals surface area (Å²) in [6, 6.07) is 10.6. The molecule has 1 N–H and O–H groups in total. The second-order valence-corrected chi connectivity index (χ2v) is 5.17. The fourth-order valence-electron chi connectivity index (χ4n) is 2.06. The molecule has 1 aromatic carbocycles. The Bertz CT molecular complexity index is 756. The largest absolute Gasteiger partial charge is 0.491 e. The smallest absolute Gasteiger partial charge is 0.303 e. The van der Waals surface area contributed by atoms with Crippen molar-refractivity contribution in [1.82, 2.24) is 4.98 Å². The van der Waals surface area contributed by atoms with E-state index in [4.69, 9.17) is 14.6 Å². The number of carboxylic acid groups (broad SMARTS) is 1. The van der Waals surface area contributed by atoms with Crippen LogP contribution in [-0.4, -0.2) is 35.6 Å². The molecular weight excluding hydrogens is 322 g/mol. The van der Waals surface area contributed by atoms with Gasteiger partial charge in [0.1, 0.15) is 0 Å². The zero-order valence-corrected chi connectivity index (χ0v) is 13.8. The van der Waals surface area contributed by atoms with E-state index in [-0.39, 0.29) is 18.8 Å². The molecule has 0 amide bonds. The molecule has 0 aliphatic carbocycles. The van der Waals surface area contributed by atoms with Gasteiger partial charge in [0.15, 0.2) is 17.3 Å². The number of ether oxygens (including phenoxy) is 2. The molecule has 0 radical (unpaired) electrons. The number of nitrogens with zero attached hydrogens (tertiary/aromatic N) is 1. The van der Waals surface area contributed by atoms with Gasteiger partial charge in [-0.2, -0.15) is 0 Å². The number of carbonyl (C=O) groups excluding carboxylic acids is 1. The van der Waals surface area contributed by atoms with E-state index in [0.717, 1.165) is 0 Å². The quantitative estimate of drug-likeness (QED) is 0.428. The van der Waals surface area contributed by atoms with Crippen LogP contribution in [0.5, 0.6) is 11.5 Å². The fraction of sp³-hybridized carbons (Fsp3) is 0.211. The molecule has 0 spiro atoms. The van der Waals surface area contributed by atoms with Crippen LogP contribution in [0.1, 0.15) is 28.9 Å². The summed E-state index contributed by atoms with van der Waals surface area (Å²) in [5, 5.41) is 8.64. The van der Waals surface area contributed by atoms with Crippen molar-refractivity contribution in [3.8, 4) is 11.5 Å². The normalized spacial score (nSPS) is 10.6. The van der Waals surface area contributed by atoms with Crippen LogP contribution in [0.4, 0.5) is 0 Å². The fourth-order valence-corrected chi connectivity index (χ4v) is 2.06. The van der Waals surface area contributed by atoms with Crippen molar-refractivity contribution in [2.75, 3.05) is 13.7 Å². The van der Waals surface area contributed by atoms with Gasteiger partial charge in [-0.15, -0.1) is 0 Å². The Labute approximate surface area is 145 Å². The molecule has 2 rings (SSSR count). The highest BCUT2D eigenvalue weighted by molar-refractivity contribution is 6.06. The highest BCUT2D eigenvalue weighted by atomic mass is 16.5. The van der Waals surface area contributed by atoms with Gasteiger partial charge in [-0.05, 0) is 18.6 Å². The van der Waals surface area contributed by atoms with Crippen LogP contribution in [0.3, 0.4) is 0 Å². The number of aliphatic carboxylic acids is 1. The molecule has 1 heterocycles. The maximum atomic E-state index is 12.1. The Hall–Kier alpha value is -3.15. The highest BCUT2D eigenvalue weighted by Gasteiger charge is 2.07. The van der Waals surface area contributed by atoms with E-state index in [1.54, 1.807) is 36.4 Å². The molecule has 0 unspecified atom stereocenters. The van der Waals surface area contributed by atoms with Crippen LogP contribution in [0.2, 0.25) is 0 Å². The van der Waals surface area contributed by atoms with E-state index in [9.17, 15) is 9.59 Å². The molecule has 0 saturated carbocycles. The van der Waals surface area contributed by atoms with Crippen LogP contribution < -0.4 is 9.47 Å². The van der Waals surface area contributed by atoms with Gasteiger partial charge in [-0.1, -0.05) is 30.3 Å². The third-order valence-electron chi connectivity index (χ3n) is 3.33. The number of benzene rings is 1. The highest BCUT2D eigenvalue weighted by Crippen LogP contribution is 2.27. The maximum absolute atomic E-state index is 12.1. The first-order valence-electron chi connectivity index (χ1n) is 7.76. The number of rotatable bonds is 9. The first-order valence-corrected chi connectivity index (χ1v) is 7.76. The number of hydrogen-bond donors (Lipinski definition) is 1. The molecule has 6 nitrogen and oxygen atoms in total. The number of ketones is 1. The van der Waals surface area contributed by atoms with Gasteiger partial charge < -0.3 is 14.6 Å². The Morgan fingerprint density at radius 3 is 2.64 bits per heavy atom. The van der Waals surface area contributed by atoms with Gasteiger partial charge in [0.2, 0.25) is 0 Å². The summed E-state index contributed by atoms with van der Waals surface area (Å²) in [4.78, 5) is 26.8. The van der Waals surface area contributed by atoms with Crippen molar-refractivity contribution in [3.05, 3.63) is 59.9 Å². The average molecular weight is 341 g/mol. The van der Waals surface area contributed by atoms with Crippen LogP contribution >= 0.6 is 0 Å². The molecule has 2 aromatic rings. The average Bonchev–Trinajstić information content (AvgIpc) is 2.64. The zero-order chi connectivity index (χ0) is 18.1. The van der Waals surface area contributed by atoms with Crippen molar-refractivity contribution < 1.29 is 24.2 Å². The summed E-state index contributed by atoms with van der Waals surface area (Å²) in [7, 11) is 1.50. The Balaban J connectivity index is 2.05. The van der Waals surface area contributed by atoms with E-state index in [0.29, 0.717) is 29.2 Å². The van der Waals surface area contributed by atoms with E-state index in [1.807, 2.05) is 6.07 Å². The second kappa shape index (κ2) is 9.22. The number of carbonyl (C=O) groups is 2. The first-order chi connectivity index (χ1) is 12.1. The van der Waals surface area contributed by atoms with Crippen molar-refractivity contribution in [2.24, 2.45) is 0 Å². The van der Waals surface area contributed by atoms with Gasteiger partial charge in [-0.3, -0.25) is 14.6 Å². The minimum absolute atomic E-state index is 0.0335. The van der Waals surface area contributed by atoms with E-state index in [1.165, 1.54) is 19.4 Å². The van der Waals surface area contributed by atoms with Gasteiger partial charge in [-0.25, -0.2) is 0 Å². The summed E-state index contributed by atoms with van der Waals surface area (Å²) in [5.74, 6) is -0.0907. The SMILES string of the molecule is COc1cnc(C=CC(=O)c2ccccc2)cc1OCCCC(=O)O. The summed E-state index contributed by atoms with van der Waals surface area (Å²) in [6.45, 7) is 0.249. The number of hydrogen-bond acceptors (Lipinski definition) is 5. The van der Waals surface area contributed by atoms with Crippen molar-refractivity contribution in [1.29, 1.82) is 0 Å². The molecule has 130 valence electrons. The Kier molecular flexibility index (Phi) is 6.71. The predicted molar refractivity (Wildman–Crippen MR) is 93.0 cm³/mol. The lowest BCUT2D eigenvalue weighted by molar-refractivity contribution is -0.137. The van der Waals surface area contributed by atoms with Crippen LogP contribution in [0, 0.1) is 0 Å². The van der Waals surface area contributed by atoms with Crippen LogP contribution in [0.15, 0.2) is 48.7 Å². The second-order valence-electron chi connectivity index (χ2n) is 5.17. The lowest BCUT2D eigenvalue weighted by atomic mass is 10.1. The molecule has 0 aliphatic rings. The summed E-state index contributed by atoms with van der Waals surface area (Å²) >= 11 is 0. The topological polar surface area (TPSA) is 85.7 Å². The van der Waals surface area contributed by atoms with Crippen molar-refractivity contribution in [3.63, 3.8) is 0 Å². The number of aromatic nitrogens is 1. The zero-order valence-electron chi connectivity index (χ0n) is 13.8. The van der Waals surface area contributed by atoms with Gasteiger partial charge in [0, 0.05) is 18.1 Å². The molecule has 0 atom stereocenters. The van der Waals surface area contributed by atoms with Crippen molar-refractivity contribution >= 4 is 17.8 Å². The summed E-state index contributed by atoms with van der Waals surface area (Å²) < 4.78 is 10.7. The number of allylic oxidation sites excluding steroid dienone is 1. The summed E-state index contributed by atoms with van der Waals surface area (Å²) in [6.07, 6.45) is 4.96. The number of carboxylic acids is 1. The number of pyridine rings is 1. The van der Waals surface area contributed by atoms with E-state index in [2.05, 4.69) is 4.98 Å². The summed E-state index contributed by atoms with van der Waals surface area (Å²) in [5.41, 5.74) is 1.13. The first kappa shape index (κ1) is 18.2. The van der Waals surface area contributed by atoms with Crippen LogP contribution in [0.25, 0.3) is 6.08 Å². The van der Waals surface area contributed by atoms with Crippen molar-refractivity contribution in [2.45, 2.75) is 12.8 Å². The Morgan fingerprint density at radius 1 is 1.20 bits per heavy atom. The molecule has 25 heavy (non-hydrogen) atoms. The molecular formula is C19H19NO5. The molecule has 0 fully saturated rings. The molecule has 0 bridgehead atoms. The molecule has 0 aliphatic heterocycles. The molecule has 6 heteroatoms. The molecule has 1 aromatic heterocycles. The standard InChI is InChI=1S/C19H19NO5/c1-24-18-13-20-15(12-17(18)25-11-5-8-19(22)23)9-10-16(21)14-6-3-2-4-7-14/h2-4,6-7,9-10,12-13H,5,8,11H2,1H3,(H,22,23). The van der Waals surface area contributed by atoms with Gasteiger partial charge >= 0.3 is 5.97 Å². The lowest BCUT2D eigenvalue weighted by Crippen LogP contribution is -2.03. The predicted octanol–water partition coefficient (Wildman–Crippen LogP) is 3.23. The monoisotopic (exact) mass is 341 g/mol. The lowest BCUT2D eigenvalue weighted by Gasteiger charge is -2.10. The minimum atomic E-state index is -0.867. The third-order valence-corrected chi connectivity index (χ3v) is 3.33. The third kappa shape index (κ3) is 5.76. The number of methoxy groups -OCH3 is 1. The Morgan fingerprint density at radius 2 is 1.96 bits per heavy atom. The minimum Gasteiger partial charge on any atom is -0.491 e. The van der Waals surface area contributed by atoms with Gasteiger partial charge in [0.05, 0.1) is 25.6 Å².